The molecule has 3 N–H and O–H groups in total. The summed E-state index contributed by atoms with van der Waals surface area (Å²) in [6.45, 7) is 16.0. The van der Waals surface area contributed by atoms with Gasteiger partial charge in [0.25, 0.3) is 0 Å². The number of aryl methyl sites for hydroxylation is 4. The number of carboxylic acids is 1. The minimum atomic E-state index is -1.14. The third-order valence-electron chi connectivity index (χ3n) is 10.9. The fourth-order valence-corrected chi connectivity index (χ4v) is 7.72. The van der Waals surface area contributed by atoms with Crippen molar-refractivity contribution in [2.75, 3.05) is 21.3 Å². The highest BCUT2D eigenvalue weighted by Crippen LogP contribution is 2.52. The molecule has 8 bridgehead atoms. The summed E-state index contributed by atoms with van der Waals surface area (Å²) in [6.07, 6.45) is 6.64. The second kappa shape index (κ2) is 14.2. The number of nitrogens with zero attached hydrogens (tertiary/aromatic N) is 2. The molecule has 0 radical (unpaired) electrons. The maximum Gasteiger partial charge on any atom is 0.334 e. The van der Waals surface area contributed by atoms with E-state index in [1.54, 1.807) is 19.3 Å². The number of carbonyl (C=O) groups is 3. The molecule has 11 heteroatoms. The minimum Gasteiger partial charge on any atom is -0.502 e. The van der Waals surface area contributed by atoms with E-state index in [1.165, 1.54) is 14.2 Å². The number of fused-ring (bicyclic) bond motifs is 11. The van der Waals surface area contributed by atoms with Crippen molar-refractivity contribution in [1.29, 1.82) is 0 Å². The summed E-state index contributed by atoms with van der Waals surface area (Å²) >= 11 is 0. The first-order valence-corrected chi connectivity index (χ1v) is 17.4. The number of methoxy groups -OCH3 is 3. The van der Waals surface area contributed by atoms with Crippen molar-refractivity contribution in [3.05, 3.63) is 112 Å². The van der Waals surface area contributed by atoms with E-state index in [9.17, 15) is 19.5 Å². The maximum atomic E-state index is 13.7. The zero-order valence-corrected chi connectivity index (χ0v) is 31.2. The van der Waals surface area contributed by atoms with Gasteiger partial charge in [0.05, 0.1) is 60.9 Å². The molecule has 0 aromatic carbocycles. The van der Waals surface area contributed by atoms with Crippen molar-refractivity contribution in [3.8, 4) is 0 Å². The molecule has 6 rings (SSSR count). The van der Waals surface area contributed by atoms with Crippen LogP contribution in [0, 0.1) is 19.8 Å². The number of hydrogen-bond donors (Lipinski definition) is 3. The highest BCUT2D eigenvalue weighted by Gasteiger charge is 2.53. The Morgan fingerprint density at radius 2 is 1.47 bits per heavy atom. The van der Waals surface area contributed by atoms with Crippen LogP contribution in [0.2, 0.25) is 0 Å². The Hall–Kier alpha value is -5.97. The summed E-state index contributed by atoms with van der Waals surface area (Å²) in [5.74, 6) is -2.55. The fourth-order valence-electron chi connectivity index (χ4n) is 7.72. The number of aromatic amines is 2. The lowest BCUT2D eigenvalue weighted by Gasteiger charge is -2.36. The van der Waals surface area contributed by atoms with Gasteiger partial charge in [0.2, 0.25) is 0 Å². The number of H-pyrrole nitrogens is 2. The summed E-state index contributed by atoms with van der Waals surface area (Å²) in [6, 6.07) is 7.80. The topological polar surface area (TPSA) is 156 Å². The van der Waals surface area contributed by atoms with E-state index in [1.807, 2.05) is 58.0 Å². The van der Waals surface area contributed by atoms with Crippen LogP contribution in [0.25, 0.3) is 38.8 Å². The van der Waals surface area contributed by atoms with Gasteiger partial charge in [-0.05, 0) is 98.2 Å². The van der Waals surface area contributed by atoms with Gasteiger partial charge < -0.3 is 29.3 Å². The van der Waals surface area contributed by atoms with Gasteiger partial charge in [0.1, 0.15) is 5.92 Å². The van der Waals surface area contributed by atoms with Crippen molar-refractivity contribution in [3.63, 3.8) is 0 Å². The lowest BCUT2D eigenvalue weighted by Crippen LogP contribution is -2.42. The molecule has 3 aliphatic rings. The molecule has 11 nitrogen and oxygen atoms in total. The van der Waals surface area contributed by atoms with Gasteiger partial charge in [0, 0.05) is 40.5 Å². The number of carboxylic acid groups (broad SMARTS) is 1. The van der Waals surface area contributed by atoms with E-state index in [4.69, 9.17) is 24.2 Å². The van der Waals surface area contributed by atoms with Crippen LogP contribution in [0.3, 0.4) is 0 Å². The molecule has 3 aromatic rings. The van der Waals surface area contributed by atoms with Gasteiger partial charge >= 0.3 is 17.9 Å². The first-order valence-electron chi connectivity index (χ1n) is 17.4. The summed E-state index contributed by atoms with van der Waals surface area (Å²) in [5.41, 5.74) is 10.9. The summed E-state index contributed by atoms with van der Waals surface area (Å²) in [5, 5.41) is 9.64. The van der Waals surface area contributed by atoms with Crippen molar-refractivity contribution < 1.29 is 33.7 Å². The third-order valence-corrected chi connectivity index (χ3v) is 10.9. The van der Waals surface area contributed by atoms with Gasteiger partial charge in [-0.15, -0.1) is 0 Å². The molecule has 0 unspecified atom stereocenters. The molecular formula is C42H44N4O7. The normalized spacial score (nSPS) is 17.8. The van der Waals surface area contributed by atoms with E-state index in [-0.39, 0.29) is 12.0 Å². The number of aromatic nitrogens is 4. The predicted molar refractivity (Wildman–Crippen MR) is 205 cm³/mol. The van der Waals surface area contributed by atoms with Crippen LogP contribution in [-0.2, 0) is 46.9 Å². The monoisotopic (exact) mass is 716 g/mol. The average Bonchev–Trinajstić information content (AvgIpc) is 3.79. The van der Waals surface area contributed by atoms with Crippen LogP contribution in [0.1, 0.15) is 71.7 Å². The molecule has 0 spiro atoms. The van der Waals surface area contributed by atoms with Crippen LogP contribution in [-0.4, -0.2) is 64.3 Å². The molecule has 0 fully saturated rings. The van der Waals surface area contributed by atoms with Gasteiger partial charge in [0.15, 0.2) is 0 Å². The number of nitrogens with one attached hydrogen (secondary N) is 2. The Bertz CT molecular complexity index is 2370. The molecule has 0 saturated heterocycles. The molecule has 0 amide bonds. The molecule has 0 saturated carbocycles. The second-order valence-corrected chi connectivity index (χ2v) is 13.7. The Labute approximate surface area is 307 Å². The van der Waals surface area contributed by atoms with Crippen molar-refractivity contribution in [2.24, 2.45) is 5.92 Å². The van der Waals surface area contributed by atoms with Crippen LogP contribution in [0.15, 0.2) is 67.0 Å². The Kier molecular flexibility index (Phi) is 9.87. The standard InChI is InChI=1S/C42H44N4O7/c1-10-25-22(3)31-18-36-29-15-13-28(40(49)52-8)39(41(50)53-9)42(29,6)37(46-36)20-32-24(5)26(12-11-21(2)51-7)34(45-32)19-35-27(14-16-38(47)48)23(4)30(44-35)17-33(25)43-31/h10,13,15,17-20,39,44-45H,1-2,11-12,14,16H2,3-9H3,(H,47,48)/t39-,42+/m0/s1. The smallest absolute Gasteiger partial charge is 0.334 e. The van der Waals surface area contributed by atoms with Crippen molar-refractivity contribution in [1.82, 2.24) is 19.9 Å². The zero-order valence-electron chi connectivity index (χ0n) is 31.2. The number of rotatable bonds is 10. The first-order chi connectivity index (χ1) is 25.3. The molecule has 2 atom stereocenters. The van der Waals surface area contributed by atoms with Crippen LogP contribution >= 0.6 is 0 Å². The molecule has 1 aliphatic carbocycles. The third kappa shape index (κ3) is 6.30. The number of hydrogen-bond acceptors (Lipinski definition) is 8. The lowest BCUT2D eigenvalue weighted by molar-refractivity contribution is -0.149. The largest absolute Gasteiger partial charge is 0.502 e. The Morgan fingerprint density at radius 1 is 0.830 bits per heavy atom. The Balaban J connectivity index is 1.78. The molecule has 5 heterocycles. The van der Waals surface area contributed by atoms with Crippen molar-refractivity contribution >= 4 is 56.7 Å². The second-order valence-electron chi connectivity index (χ2n) is 13.7. The molecular weight excluding hydrogens is 672 g/mol. The summed E-state index contributed by atoms with van der Waals surface area (Å²) in [7, 11) is 4.18. The van der Waals surface area contributed by atoms with E-state index in [0.29, 0.717) is 47.8 Å². The number of carbonyl (C=O) groups excluding carboxylic acids is 2. The van der Waals surface area contributed by atoms with E-state index in [0.717, 1.165) is 61.0 Å². The summed E-state index contributed by atoms with van der Waals surface area (Å²) in [4.78, 5) is 56.0. The average molecular weight is 717 g/mol. The first kappa shape index (κ1) is 36.8. The van der Waals surface area contributed by atoms with Gasteiger partial charge in [-0.3, -0.25) is 14.6 Å². The highest BCUT2D eigenvalue weighted by molar-refractivity contribution is 6.02. The molecule has 53 heavy (non-hydrogen) atoms. The van der Waals surface area contributed by atoms with Crippen LogP contribution in [0.5, 0.6) is 0 Å². The zero-order chi connectivity index (χ0) is 38.4. The van der Waals surface area contributed by atoms with E-state index < -0.39 is 29.2 Å². The van der Waals surface area contributed by atoms with Gasteiger partial charge in [-0.2, -0.15) is 0 Å². The number of aliphatic carboxylic acids is 1. The molecule has 274 valence electrons. The summed E-state index contributed by atoms with van der Waals surface area (Å²) < 4.78 is 15.9. The van der Waals surface area contributed by atoms with Crippen LogP contribution < -0.4 is 0 Å². The van der Waals surface area contributed by atoms with E-state index >= 15 is 0 Å². The lowest BCUT2D eigenvalue weighted by atomic mass is 9.64. The number of ether oxygens (including phenoxy) is 3. The minimum absolute atomic E-state index is 0.0384. The van der Waals surface area contributed by atoms with E-state index in [2.05, 4.69) is 23.1 Å². The number of allylic oxidation sites excluding steroid dienone is 7. The SMILES string of the molecule is C=CC1=C(C)c2cc3nc(cc4[nH]c(cc5[nH]c(cc1n2)c(C)c5CCC(=O)O)c(CCC(=C)OC)c4C)[C@@]1(C)C3=CC=C(C(=O)OC)[C@H]1C(=O)OC. The predicted octanol–water partition coefficient (Wildman–Crippen LogP) is 7.40. The molecule has 3 aromatic heterocycles. The highest BCUT2D eigenvalue weighted by atomic mass is 16.5. The molecule has 2 aliphatic heterocycles. The number of esters is 2. The van der Waals surface area contributed by atoms with Crippen molar-refractivity contribution in [2.45, 2.75) is 58.8 Å². The van der Waals surface area contributed by atoms with Gasteiger partial charge in [-0.25, -0.2) is 9.78 Å². The quantitative estimate of drug-likeness (QED) is 0.144. The van der Waals surface area contributed by atoms with Gasteiger partial charge in [-0.1, -0.05) is 31.4 Å². The maximum absolute atomic E-state index is 13.7. The fraction of sp³-hybridized carbons (Fsp3) is 0.310. The Morgan fingerprint density at radius 3 is 2.06 bits per heavy atom. The van der Waals surface area contributed by atoms with Crippen LogP contribution in [0.4, 0.5) is 0 Å².